The zero-order chi connectivity index (χ0) is 25.2. The van der Waals surface area contributed by atoms with Gasteiger partial charge in [-0.3, -0.25) is 9.69 Å². The van der Waals surface area contributed by atoms with Crippen molar-refractivity contribution in [1.82, 2.24) is 10.2 Å². The summed E-state index contributed by atoms with van der Waals surface area (Å²) in [6.45, 7) is 6.52. The SMILES string of the molecule is CCCCCNC(=O)c1ccc(N(C)C[C@@H](c2ccccc2)N2CC[C@H](OC3CCCCO3)C2)cc1. The summed E-state index contributed by atoms with van der Waals surface area (Å²) in [4.78, 5) is 17.3. The van der Waals surface area contributed by atoms with Gasteiger partial charge in [-0.2, -0.15) is 0 Å². The van der Waals surface area contributed by atoms with E-state index in [1.54, 1.807) is 0 Å². The van der Waals surface area contributed by atoms with E-state index in [2.05, 4.69) is 71.6 Å². The molecule has 0 saturated carbocycles. The maximum Gasteiger partial charge on any atom is 0.251 e. The van der Waals surface area contributed by atoms with Gasteiger partial charge in [0.15, 0.2) is 6.29 Å². The van der Waals surface area contributed by atoms with E-state index < -0.39 is 0 Å². The first kappa shape index (κ1) is 26.6. The van der Waals surface area contributed by atoms with Gasteiger partial charge in [-0.05, 0) is 61.9 Å². The molecular weight excluding hydrogens is 450 g/mol. The van der Waals surface area contributed by atoms with Crippen molar-refractivity contribution in [2.45, 2.75) is 70.3 Å². The lowest BCUT2D eigenvalue weighted by Crippen LogP contribution is -2.37. The first-order valence-corrected chi connectivity index (χ1v) is 13.8. The molecule has 0 radical (unpaired) electrons. The summed E-state index contributed by atoms with van der Waals surface area (Å²) in [5, 5.41) is 3.03. The summed E-state index contributed by atoms with van der Waals surface area (Å²) in [6, 6.07) is 19.0. The van der Waals surface area contributed by atoms with Gasteiger partial charge < -0.3 is 19.7 Å². The van der Waals surface area contributed by atoms with Crippen LogP contribution in [0, 0.1) is 0 Å². The van der Waals surface area contributed by atoms with Gasteiger partial charge in [0.05, 0.1) is 12.1 Å². The van der Waals surface area contributed by atoms with Crippen molar-refractivity contribution in [1.29, 1.82) is 0 Å². The Labute approximate surface area is 217 Å². The van der Waals surface area contributed by atoms with E-state index in [4.69, 9.17) is 9.47 Å². The van der Waals surface area contributed by atoms with Gasteiger partial charge in [-0.15, -0.1) is 0 Å². The van der Waals surface area contributed by atoms with Crippen LogP contribution in [-0.4, -0.2) is 63.0 Å². The summed E-state index contributed by atoms with van der Waals surface area (Å²) in [5.41, 5.74) is 3.15. The van der Waals surface area contributed by atoms with Crippen molar-refractivity contribution in [2.75, 3.05) is 44.7 Å². The molecule has 2 aromatic carbocycles. The topological polar surface area (TPSA) is 54.0 Å². The van der Waals surface area contributed by atoms with Gasteiger partial charge in [-0.25, -0.2) is 0 Å². The molecule has 2 aromatic rings. The van der Waals surface area contributed by atoms with E-state index in [0.717, 1.165) is 77.0 Å². The molecule has 3 atom stereocenters. The summed E-state index contributed by atoms with van der Waals surface area (Å²) in [7, 11) is 2.13. The predicted molar refractivity (Wildman–Crippen MR) is 145 cm³/mol. The normalized spacial score (nSPS) is 21.3. The maximum atomic E-state index is 12.4. The fourth-order valence-corrected chi connectivity index (χ4v) is 5.20. The molecule has 2 saturated heterocycles. The molecule has 0 aromatic heterocycles. The number of carbonyl (C=O) groups is 1. The summed E-state index contributed by atoms with van der Waals surface area (Å²) in [6.07, 6.45) is 7.89. The first-order chi connectivity index (χ1) is 17.6. The number of carbonyl (C=O) groups excluding carboxylic acids is 1. The highest BCUT2D eigenvalue weighted by Gasteiger charge is 2.32. The lowest BCUT2D eigenvalue weighted by molar-refractivity contribution is -0.185. The van der Waals surface area contributed by atoms with Crippen LogP contribution in [0.15, 0.2) is 54.6 Å². The first-order valence-electron chi connectivity index (χ1n) is 13.8. The van der Waals surface area contributed by atoms with Crippen LogP contribution in [0.1, 0.15) is 73.8 Å². The Hall–Kier alpha value is -2.41. The van der Waals surface area contributed by atoms with E-state index in [-0.39, 0.29) is 24.3 Å². The van der Waals surface area contributed by atoms with Crippen molar-refractivity contribution in [3.05, 3.63) is 65.7 Å². The molecule has 0 spiro atoms. The van der Waals surface area contributed by atoms with Crippen LogP contribution < -0.4 is 10.2 Å². The molecule has 196 valence electrons. The Morgan fingerprint density at radius 2 is 1.92 bits per heavy atom. The fraction of sp³-hybridized carbons (Fsp3) is 0.567. The van der Waals surface area contributed by atoms with Gasteiger partial charge in [0.25, 0.3) is 5.91 Å². The van der Waals surface area contributed by atoms with Crippen LogP contribution in [-0.2, 0) is 9.47 Å². The molecular formula is C30H43N3O3. The summed E-state index contributed by atoms with van der Waals surface area (Å²) in [5.74, 6) is 0.00696. The number of anilines is 1. The minimum atomic E-state index is -0.0380. The van der Waals surface area contributed by atoms with E-state index in [1.807, 2.05) is 12.1 Å². The third kappa shape index (κ3) is 7.55. The molecule has 6 nitrogen and oxygen atoms in total. The largest absolute Gasteiger partial charge is 0.373 e. The number of nitrogens with zero attached hydrogens (tertiary/aromatic N) is 2. The monoisotopic (exact) mass is 493 g/mol. The summed E-state index contributed by atoms with van der Waals surface area (Å²) >= 11 is 0. The minimum Gasteiger partial charge on any atom is -0.373 e. The number of hydrogen-bond donors (Lipinski definition) is 1. The lowest BCUT2D eigenvalue weighted by atomic mass is 10.0. The molecule has 2 fully saturated rings. The number of rotatable bonds is 12. The maximum absolute atomic E-state index is 12.4. The van der Waals surface area contributed by atoms with Gasteiger partial charge in [0.2, 0.25) is 0 Å². The van der Waals surface area contributed by atoms with Crippen molar-refractivity contribution < 1.29 is 14.3 Å². The van der Waals surface area contributed by atoms with Crippen molar-refractivity contribution in [3.8, 4) is 0 Å². The Morgan fingerprint density at radius 3 is 2.64 bits per heavy atom. The zero-order valence-corrected chi connectivity index (χ0v) is 22.0. The van der Waals surface area contributed by atoms with E-state index in [0.29, 0.717) is 5.56 Å². The van der Waals surface area contributed by atoms with Crippen LogP contribution in [0.4, 0.5) is 5.69 Å². The number of hydrogen-bond acceptors (Lipinski definition) is 5. The van der Waals surface area contributed by atoms with Gasteiger partial charge in [-0.1, -0.05) is 50.1 Å². The Bertz CT molecular complexity index is 915. The fourth-order valence-electron chi connectivity index (χ4n) is 5.20. The lowest BCUT2D eigenvalue weighted by Gasteiger charge is -2.33. The van der Waals surface area contributed by atoms with Crippen LogP contribution in [0.2, 0.25) is 0 Å². The number of benzene rings is 2. The average molecular weight is 494 g/mol. The highest BCUT2D eigenvalue weighted by molar-refractivity contribution is 5.94. The standard InChI is InChI=1S/C30H43N3O3/c1-3-4-9-19-31-30(34)25-14-16-26(17-15-25)32(2)23-28(24-11-6-5-7-12-24)33-20-18-27(22-33)36-29-13-8-10-21-35-29/h5-7,11-12,14-17,27-29H,3-4,8-10,13,18-23H2,1-2H3,(H,31,34)/t27-,28-,29?/m0/s1. The number of nitrogens with one attached hydrogen (secondary N) is 1. The van der Waals surface area contributed by atoms with Crippen LogP contribution in [0.5, 0.6) is 0 Å². The highest BCUT2D eigenvalue weighted by atomic mass is 16.7. The Balaban J connectivity index is 1.37. The van der Waals surface area contributed by atoms with Crippen LogP contribution >= 0.6 is 0 Å². The number of unbranched alkanes of at least 4 members (excludes halogenated alkanes) is 2. The molecule has 4 rings (SSSR count). The minimum absolute atomic E-state index is 0.00696. The zero-order valence-electron chi connectivity index (χ0n) is 22.0. The number of amides is 1. The highest BCUT2D eigenvalue weighted by Crippen LogP contribution is 2.30. The molecule has 2 heterocycles. The van der Waals surface area contributed by atoms with Crippen molar-refractivity contribution >= 4 is 11.6 Å². The van der Waals surface area contributed by atoms with E-state index in [1.165, 1.54) is 12.0 Å². The molecule has 0 bridgehead atoms. The quantitative estimate of drug-likeness (QED) is 0.401. The second-order valence-electron chi connectivity index (χ2n) is 10.2. The van der Waals surface area contributed by atoms with Crippen LogP contribution in [0.3, 0.4) is 0 Å². The van der Waals surface area contributed by atoms with Crippen LogP contribution in [0.25, 0.3) is 0 Å². The molecule has 1 N–H and O–H groups in total. The van der Waals surface area contributed by atoms with E-state index >= 15 is 0 Å². The molecule has 1 unspecified atom stereocenters. The Kier molecular flexibility index (Phi) is 10.2. The molecule has 36 heavy (non-hydrogen) atoms. The van der Waals surface area contributed by atoms with Crippen molar-refractivity contribution in [3.63, 3.8) is 0 Å². The average Bonchev–Trinajstić information content (AvgIpc) is 3.38. The van der Waals surface area contributed by atoms with E-state index in [9.17, 15) is 4.79 Å². The molecule has 6 heteroatoms. The van der Waals surface area contributed by atoms with Crippen molar-refractivity contribution in [2.24, 2.45) is 0 Å². The molecule has 2 aliphatic heterocycles. The predicted octanol–water partition coefficient (Wildman–Crippen LogP) is 5.40. The number of likely N-dealkylation sites (tertiary alicyclic amines) is 1. The molecule has 2 aliphatic rings. The summed E-state index contributed by atoms with van der Waals surface area (Å²) < 4.78 is 12.1. The second-order valence-corrected chi connectivity index (χ2v) is 10.2. The van der Waals surface area contributed by atoms with Gasteiger partial charge in [0, 0.05) is 51.1 Å². The van der Waals surface area contributed by atoms with Gasteiger partial charge in [0.1, 0.15) is 0 Å². The smallest absolute Gasteiger partial charge is 0.251 e. The number of ether oxygens (including phenoxy) is 2. The Morgan fingerprint density at radius 1 is 1.11 bits per heavy atom. The number of likely N-dealkylation sites (N-methyl/N-ethyl adjacent to an activating group) is 1. The third-order valence-electron chi connectivity index (χ3n) is 7.37. The second kappa shape index (κ2) is 13.8. The molecule has 1 amide bonds. The third-order valence-corrected chi connectivity index (χ3v) is 7.37. The molecule has 0 aliphatic carbocycles. The van der Waals surface area contributed by atoms with Gasteiger partial charge >= 0.3 is 0 Å².